The highest BCUT2D eigenvalue weighted by molar-refractivity contribution is 5.81. The maximum absolute atomic E-state index is 4.40. The minimum absolute atomic E-state index is 0.936. The zero-order valence-corrected chi connectivity index (χ0v) is 10.3. The fourth-order valence-corrected chi connectivity index (χ4v) is 1.79. The Morgan fingerprint density at radius 1 is 1.40 bits per heavy atom. The smallest absolute Gasteiger partial charge is 0.193 e. The molecule has 0 amide bonds. The number of nitrogens with one attached hydrogen (secondary N) is 1. The van der Waals surface area contributed by atoms with E-state index < -0.39 is 0 Å². The standard InChI is InChI=1S/C11H24N4/c1-4-8-15(5-2)10-7-13-11-12-6-9-14(11)3/h4-10H2,1-3H3,(H,12,13). The van der Waals surface area contributed by atoms with Gasteiger partial charge in [-0.05, 0) is 19.5 Å². The van der Waals surface area contributed by atoms with Gasteiger partial charge >= 0.3 is 0 Å². The Hall–Kier alpha value is -0.770. The Morgan fingerprint density at radius 2 is 2.20 bits per heavy atom. The summed E-state index contributed by atoms with van der Waals surface area (Å²) in [6.07, 6.45) is 1.23. The third-order valence-corrected chi connectivity index (χ3v) is 2.76. The van der Waals surface area contributed by atoms with Crippen LogP contribution in [0.15, 0.2) is 4.99 Å². The van der Waals surface area contributed by atoms with Crippen molar-refractivity contribution < 1.29 is 0 Å². The molecule has 1 heterocycles. The Labute approximate surface area is 93.3 Å². The van der Waals surface area contributed by atoms with Crippen LogP contribution in [-0.2, 0) is 0 Å². The van der Waals surface area contributed by atoms with Crippen LogP contribution in [0.1, 0.15) is 20.3 Å². The van der Waals surface area contributed by atoms with E-state index >= 15 is 0 Å². The highest BCUT2D eigenvalue weighted by atomic mass is 15.3. The van der Waals surface area contributed by atoms with E-state index in [0.29, 0.717) is 0 Å². The first kappa shape index (κ1) is 12.3. The summed E-state index contributed by atoms with van der Waals surface area (Å²) >= 11 is 0. The van der Waals surface area contributed by atoms with Gasteiger partial charge in [-0.2, -0.15) is 0 Å². The van der Waals surface area contributed by atoms with E-state index in [4.69, 9.17) is 0 Å². The van der Waals surface area contributed by atoms with E-state index in [0.717, 1.165) is 38.7 Å². The van der Waals surface area contributed by atoms with Gasteiger partial charge < -0.3 is 15.1 Å². The summed E-state index contributed by atoms with van der Waals surface area (Å²) in [5.74, 6) is 1.06. The summed E-state index contributed by atoms with van der Waals surface area (Å²) < 4.78 is 0. The summed E-state index contributed by atoms with van der Waals surface area (Å²) in [4.78, 5) is 9.04. The maximum Gasteiger partial charge on any atom is 0.193 e. The van der Waals surface area contributed by atoms with Crippen LogP contribution < -0.4 is 5.32 Å². The number of guanidine groups is 1. The number of hydrogen-bond donors (Lipinski definition) is 1. The van der Waals surface area contributed by atoms with Crippen LogP contribution in [0.3, 0.4) is 0 Å². The fourth-order valence-electron chi connectivity index (χ4n) is 1.79. The fraction of sp³-hybridized carbons (Fsp3) is 0.909. The zero-order valence-electron chi connectivity index (χ0n) is 10.3. The molecule has 1 N–H and O–H groups in total. The number of rotatable bonds is 6. The number of hydrogen-bond acceptors (Lipinski definition) is 4. The Balaban J connectivity index is 2.14. The Kier molecular flexibility index (Phi) is 5.47. The van der Waals surface area contributed by atoms with Gasteiger partial charge in [0, 0.05) is 26.7 Å². The highest BCUT2D eigenvalue weighted by Crippen LogP contribution is 1.95. The summed E-state index contributed by atoms with van der Waals surface area (Å²) in [5, 5.41) is 3.39. The zero-order chi connectivity index (χ0) is 11.1. The van der Waals surface area contributed by atoms with Gasteiger partial charge in [-0.15, -0.1) is 0 Å². The molecule has 0 radical (unpaired) electrons. The first-order valence-electron chi connectivity index (χ1n) is 5.99. The third kappa shape index (κ3) is 4.08. The summed E-state index contributed by atoms with van der Waals surface area (Å²) in [6, 6.07) is 0. The van der Waals surface area contributed by atoms with Crippen molar-refractivity contribution in [3.05, 3.63) is 0 Å². The van der Waals surface area contributed by atoms with Crippen molar-refractivity contribution >= 4 is 5.96 Å². The van der Waals surface area contributed by atoms with E-state index in [1.807, 2.05) is 0 Å². The summed E-state index contributed by atoms with van der Waals surface area (Å²) in [7, 11) is 2.09. The van der Waals surface area contributed by atoms with Crippen LogP contribution in [0.4, 0.5) is 0 Å². The molecule has 0 bridgehead atoms. The number of aliphatic imine (C=N–C) groups is 1. The van der Waals surface area contributed by atoms with Gasteiger partial charge in [0.1, 0.15) is 0 Å². The monoisotopic (exact) mass is 212 g/mol. The van der Waals surface area contributed by atoms with Crippen LogP contribution in [-0.4, -0.2) is 62.1 Å². The van der Waals surface area contributed by atoms with E-state index in [1.54, 1.807) is 0 Å². The second-order valence-corrected chi connectivity index (χ2v) is 3.99. The van der Waals surface area contributed by atoms with Crippen LogP contribution in [0.25, 0.3) is 0 Å². The quantitative estimate of drug-likeness (QED) is 0.700. The van der Waals surface area contributed by atoms with Crippen molar-refractivity contribution in [3.63, 3.8) is 0 Å². The molecule has 15 heavy (non-hydrogen) atoms. The van der Waals surface area contributed by atoms with Crippen molar-refractivity contribution in [1.29, 1.82) is 0 Å². The molecule has 0 aromatic rings. The Morgan fingerprint density at radius 3 is 2.73 bits per heavy atom. The molecule has 0 atom stereocenters. The van der Waals surface area contributed by atoms with Crippen LogP contribution in [0.2, 0.25) is 0 Å². The molecule has 0 spiro atoms. The topological polar surface area (TPSA) is 30.9 Å². The summed E-state index contributed by atoms with van der Waals surface area (Å²) in [6.45, 7) is 10.9. The molecular formula is C11H24N4. The number of nitrogens with zero attached hydrogens (tertiary/aromatic N) is 3. The average molecular weight is 212 g/mol. The van der Waals surface area contributed by atoms with Crippen molar-refractivity contribution in [2.45, 2.75) is 20.3 Å². The molecule has 1 rings (SSSR count). The van der Waals surface area contributed by atoms with Gasteiger partial charge in [-0.3, -0.25) is 4.99 Å². The van der Waals surface area contributed by atoms with Gasteiger partial charge in [-0.1, -0.05) is 13.8 Å². The Bertz CT molecular complexity index is 203. The molecule has 0 saturated heterocycles. The van der Waals surface area contributed by atoms with Gasteiger partial charge in [0.25, 0.3) is 0 Å². The predicted molar refractivity (Wildman–Crippen MR) is 65.3 cm³/mol. The van der Waals surface area contributed by atoms with Crippen molar-refractivity contribution in [2.24, 2.45) is 4.99 Å². The van der Waals surface area contributed by atoms with Gasteiger partial charge in [0.05, 0.1) is 6.54 Å². The lowest BCUT2D eigenvalue weighted by atomic mass is 10.4. The van der Waals surface area contributed by atoms with Gasteiger partial charge in [0.2, 0.25) is 0 Å². The third-order valence-electron chi connectivity index (χ3n) is 2.76. The molecule has 0 fully saturated rings. The maximum atomic E-state index is 4.40. The molecule has 0 aromatic carbocycles. The van der Waals surface area contributed by atoms with Gasteiger partial charge in [0.15, 0.2) is 5.96 Å². The van der Waals surface area contributed by atoms with E-state index in [2.05, 4.69) is 41.0 Å². The molecular weight excluding hydrogens is 188 g/mol. The predicted octanol–water partition coefficient (Wildman–Crippen LogP) is 0.609. The van der Waals surface area contributed by atoms with Crippen LogP contribution in [0, 0.1) is 0 Å². The van der Waals surface area contributed by atoms with E-state index in [-0.39, 0.29) is 0 Å². The van der Waals surface area contributed by atoms with Crippen LogP contribution >= 0.6 is 0 Å². The molecule has 0 aromatic heterocycles. The average Bonchev–Trinajstić information content (AvgIpc) is 2.63. The molecule has 1 aliphatic rings. The van der Waals surface area contributed by atoms with Crippen LogP contribution in [0.5, 0.6) is 0 Å². The molecule has 0 aliphatic carbocycles. The van der Waals surface area contributed by atoms with Crippen molar-refractivity contribution in [1.82, 2.24) is 15.1 Å². The number of likely N-dealkylation sites (N-methyl/N-ethyl adjacent to an activating group) is 2. The van der Waals surface area contributed by atoms with Crippen molar-refractivity contribution in [3.8, 4) is 0 Å². The second-order valence-electron chi connectivity index (χ2n) is 3.99. The first-order valence-corrected chi connectivity index (χ1v) is 5.99. The van der Waals surface area contributed by atoms with Gasteiger partial charge in [-0.25, -0.2) is 0 Å². The minimum atomic E-state index is 0.936. The summed E-state index contributed by atoms with van der Waals surface area (Å²) in [5.41, 5.74) is 0. The van der Waals surface area contributed by atoms with Crippen molar-refractivity contribution in [2.75, 3.05) is 46.3 Å². The molecule has 0 unspecified atom stereocenters. The molecule has 1 aliphatic heterocycles. The normalized spacial score (nSPS) is 16.0. The lowest BCUT2D eigenvalue weighted by molar-refractivity contribution is 0.292. The molecule has 4 nitrogen and oxygen atoms in total. The van der Waals surface area contributed by atoms with E-state index in [1.165, 1.54) is 13.0 Å². The molecule has 88 valence electrons. The lowest BCUT2D eigenvalue weighted by Gasteiger charge is -2.21. The second kappa shape index (κ2) is 6.67. The highest BCUT2D eigenvalue weighted by Gasteiger charge is 2.11. The SMILES string of the molecule is CCCN(CC)CCNC1=NCCN1C. The van der Waals surface area contributed by atoms with E-state index in [9.17, 15) is 0 Å². The molecule has 4 heteroatoms. The lowest BCUT2D eigenvalue weighted by Crippen LogP contribution is -2.40. The largest absolute Gasteiger partial charge is 0.355 e. The molecule has 0 saturated carbocycles. The first-order chi connectivity index (χ1) is 7.27. The minimum Gasteiger partial charge on any atom is -0.355 e.